The molecule has 0 aromatic heterocycles. The molecule has 4 nitrogen and oxygen atoms in total. The van der Waals surface area contributed by atoms with E-state index < -0.39 is 0 Å². The number of allylic oxidation sites excluding steroid dienone is 1. The standard InChI is InChI=1S/C8H12O.C7H13NO2/c1-2-3-8(9)6-7-4-5-7;1-8(10-2)7(9)5-6-3-4-6/h2,7H,1,3-6H2;6H,3-5H2,1-2H3. The Morgan fingerprint density at radius 2 is 1.74 bits per heavy atom. The van der Waals surface area contributed by atoms with E-state index in [1.807, 2.05) is 0 Å². The second-order valence-corrected chi connectivity index (χ2v) is 5.40. The summed E-state index contributed by atoms with van der Waals surface area (Å²) in [4.78, 5) is 26.6. The molecule has 2 fully saturated rings. The van der Waals surface area contributed by atoms with Crippen molar-refractivity contribution in [1.29, 1.82) is 0 Å². The zero-order valence-corrected chi connectivity index (χ0v) is 12.1. The molecule has 0 atom stereocenters. The molecule has 2 rings (SSSR count). The highest BCUT2D eigenvalue weighted by Gasteiger charge is 2.25. The minimum absolute atomic E-state index is 0.0880. The summed E-state index contributed by atoms with van der Waals surface area (Å²) in [5.74, 6) is 1.82. The van der Waals surface area contributed by atoms with Crippen LogP contribution in [0, 0.1) is 11.8 Å². The van der Waals surface area contributed by atoms with Crippen LogP contribution in [0.25, 0.3) is 0 Å². The first-order chi connectivity index (χ1) is 9.06. The number of hydrogen-bond donors (Lipinski definition) is 0. The van der Waals surface area contributed by atoms with Crippen LogP contribution in [-0.2, 0) is 14.4 Å². The zero-order valence-electron chi connectivity index (χ0n) is 12.1. The van der Waals surface area contributed by atoms with Crippen LogP contribution in [0.2, 0.25) is 0 Å². The zero-order chi connectivity index (χ0) is 14.3. The van der Waals surface area contributed by atoms with Gasteiger partial charge in [0, 0.05) is 26.3 Å². The molecular formula is C15H25NO3. The lowest BCUT2D eigenvalue weighted by Gasteiger charge is -2.12. The summed E-state index contributed by atoms with van der Waals surface area (Å²) in [6.45, 7) is 3.51. The number of carbonyl (C=O) groups excluding carboxylic acids is 2. The smallest absolute Gasteiger partial charge is 0.246 e. The number of Topliss-reactive ketones (excluding diaryl/α,β-unsaturated/α-hetero) is 1. The number of hydrogen-bond acceptors (Lipinski definition) is 3. The van der Waals surface area contributed by atoms with Gasteiger partial charge in [-0.15, -0.1) is 6.58 Å². The van der Waals surface area contributed by atoms with Crippen LogP contribution < -0.4 is 0 Å². The van der Waals surface area contributed by atoms with Gasteiger partial charge in [-0.25, -0.2) is 5.06 Å². The Kier molecular flexibility index (Phi) is 6.78. The summed E-state index contributed by atoms with van der Waals surface area (Å²) in [6, 6.07) is 0. The van der Waals surface area contributed by atoms with E-state index in [0.29, 0.717) is 24.5 Å². The molecule has 0 N–H and O–H groups in total. The van der Waals surface area contributed by atoms with Crippen molar-refractivity contribution in [2.45, 2.75) is 44.9 Å². The predicted molar refractivity (Wildman–Crippen MR) is 74.3 cm³/mol. The average molecular weight is 267 g/mol. The first-order valence-corrected chi connectivity index (χ1v) is 7.00. The molecule has 1 amide bonds. The first kappa shape index (κ1) is 15.9. The maximum absolute atomic E-state index is 11.0. The van der Waals surface area contributed by atoms with E-state index in [4.69, 9.17) is 4.84 Å². The third-order valence-electron chi connectivity index (χ3n) is 3.37. The minimum Gasteiger partial charge on any atom is -0.299 e. The number of nitrogens with zero attached hydrogens (tertiary/aromatic N) is 1. The maximum atomic E-state index is 11.0. The lowest BCUT2D eigenvalue weighted by Crippen LogP contribution is -2.25. The molecule has 4 heteroatoms. The Morgan fingerprint density at radius 3 is 2.16 bits per heavy atom. The van der Waals surface area contributed by atoms with Crippen molar-refractivity contribution >= 4 is 11.7 Å². The van der Waals surface area contributed by atoms with Crippen molar-refractivity contribution in [3.05, 3.63) is 12.7 Å². The average Bonchev–Trinajstić information content (AvgIpc) is 3.25. The molecule has 19 heavy (non-hydrogen) atoms. The summed E-state index contributed by atoms with van der Waals surface area (Å²) < 4.78 is 0. The van der Waals surface area contributed by atoms with Crippen LogP contribution in [0.5, 0.6) is 0 Å². The van der Waals surface area contributed by atoms with Gasteiger partial charge in [0.1, 0.15) is 5.78 Å². The molecule has 0 aliphatic heterocycles. The van der Waals surface area contributed by atoms with Crippen LogP contribution in [0.4, 0.5) is 0 Å². The van der Waals surface area contributed by atoms with Crippen LogP contribution >= 0.6 is 0 Å². The first-order valence-electron chi connectivity index (χ1n) is 7.00. The van der Waals surface area contributed by atoms with Gasteiger partial charge < -0.3 is 0 Å². The van der Waals surface area contributed by atoms with Gasteiger partial charge in [0.2, 0.25) is 5.91 Å². The van der Waals surface area contributed by atoms with Gasteiger partial charge in [0.05, 0.1) is 7.11 Å². The van der Waals surface area contributed by atoms with Crippen molar-refractivity contribution < 1.29 is 14.4 Å². The SMILES string of the molecule is C=CCC(=O)CC1CC1.CON(C)C(=O)CC1CC1. The van der Waals surface area contributed by atoms with Crippen molar-refractivity contribution in [2.24, 2.45) is 11.8 Å². The van der Waals surface area contributed by atoms with Gasteiger partial charge in [0.15, 0.2) is 0 Å². The number of ketones is 1. The molecule has 0 unspecified atom stereocenters. The minimum atomic E-state index is 0.0880. The van der Waals surface area contributed by atoms with E-state index in [-0.39, 0.29) is 5.91 Å². The highest BCUT2D eigenvalue weighted by atomic mass is 16.7. The number of carbonyl (C=O) groups is 2. The highest BCUT2D eigenvalue weighted by molar-refractivity contribution is 5.80. The molecule has 2 aliphatic rings. The topological polar surface area (TPSA) is 46.6 Å². The molecule has 108 valence electrons. The molecule has 0 spiro atoms. The van der Waals surface area contributed by atoms with Crippen molar-refractivity contribution in [1.82, 2.24) is 5.06 Å². The largest absolute Gasteiger partial charge is 0.299 e. The Bertz CT molecular complexity index is 319. The molecule has 2 aliphatic carbocycles. The summed E-state index contributed by atoms with van der Waals surface area (Å²) in [6.07, 6.45) is 8.66. The third kappa shape index (κ3) is 7.78. The summed E-state index contributed by atoms with van der Waals surface area (Å²) in [5.41, 5.74) is 0. The second-order valence-electron chi connectivity index (χ2n) is 5.40. The Balaban J connectivity index is 0.000000191. The quantitative estimate of drug-likeness (QED) is 0.526. The molecule has 0 radical (unpaired) electrons. The van der Waals surface area contributed by atoms with E-state index in [0.717, 1.165) is 12.3 Å². The third-order valence-corrected chi connectivity index (χ3v) is 3.37. The van der Waals surface area contributed by atoms with Crippen molar-refractivity contribution in [3.8, 4) is 0 Å². The van der Waals surface area contributed by atoms with E-state index in [1.165, 1.54) is 37.9 Å². The molecule has 0 aromatic carbocycles. The van der Waals surface area contributed by atoms with Crippen LogP contribution in [0.15, 0.2) is 12.7 Å². The van der Waals surface area contributed by atoms with E-state index in [9.17, 15) is 9.59 Å². The van der Waals surface area contributed by atoms with Gasteiger partial charge in [-0.05, 0) is 37.5 Å². The van der Waals surface area contributed by atoms with Gasteiger partial charge >= 0.3 is 0 Å². The maximum Gasteiger partial charge on any atom is 0.246 e. The fourth-order valence-corrected chi connectivity index (χ4v) is 1.69. The van der Waals surface area contributed by atoms with E-state index in [1.54, 1.807) is 13.1 Å². The Labute approximate surface area is 115 Å². The molecule has 0 heterocycles. The molecule has 0 saturated heterocycles. The van der Waals surface area contributed by atoms with Crippen LogP contribution in [0.3, 0.4) is 0 Å². The normalized spacial score (nSPS) is 17.2. The molecular weight excluding hydrogens is 242 g/mol. The van der Waals surface area contributed by atoms with Crippen molar-refractivity contribution in [2.75, 3.05) is 14.2 Å². The Hall–Kier alpha value is -1.16. The van der Waals surface area contributed by atoms with Crippen LogP contribution in [-0.4, -0.2) is 30.9 Å². The van der Waals surface area contributed by atoms with Gasteiger partial charge in [-0.3, -0.25) is 14.4 Å². The number of amides is 1. The van der Waals surface area contributed by atoms with Crippen molar-refractivity contribution in [3.63, 3.8) is 0 Å². The van der Waals surface area contributed by atoms with E-state index in [2.05, 4.69) is 6.58 Å². The molecule has 2 saturated carbocycles. The van der Waals surface area contributed by atoms with Gasteiger partial charge in [0.25, 0.3) is 0 Å². The Morgan fingerprint density at radius 1 is 1.21 bits per heavy atom. The summed E-state index contributed by atoms with van der Waals surface area (Å²) in [7, 11) is 3.15. The lowest BCUT2D eigenvalue weighted by atomic mass is 10.1. The summed E-state index contributed by atoms with van der Waals surface area (Å²) in [5, 5.41) is 1.29. The number of hydroxylamine groups is 2. The predicted octanol–water partition coefficient (Wildman–Crippen LogP) is 2.74. The van der Waals surface area contributed by atoms with Gasteiger partial charge in [-0.1, -0.05) is 6.08 Å². The lowest BCUT2D eigenvalue weighted by molar-refractivity contribution is -0.169. The molecule has 0 bridgehead atoms. The monoisotopic (exact) mass is 267 g/mol. The fraction of sp³-hybridized carbons (Fsp3) is 0.733. The highest BCUT2D eigenvalue weighted by Crippen LogP contribution is 2.33. The summed E-state index contributed by atoms with van der Waals surface area (Å²) >= 11 is 0. The number of rotatable bonds is 7. The fourth-order valence-electron chi connectivity index (χ4n) is 1.69. The van der Waals surface area contributed by atoms with E-state index >= 15 is 0 Å². The second kappa shape index (κ2) is 8.10. The van der Waals surface area contributed by atoms with Crippen LogP contribution in [0.1, 0.15) is 44.9 Å². The van der Waals surface area contributed by atoms with Gasteiger partial charge in [-0.2, -0.15) is 0 Å². The molecule has 0 aromatic rings.